The Morgan fingerprint density at radius 3 is 2.83 bits per heavy atom. The molecule has 2 rings (SSSR count). The summed E-state index contributed by atoms with van der Waals surface area (Å²) in [5, 5.41) is 3.37. The van der Waals surface area contributed by atoms with Crippen molar-refractivity contribution in [2.75, 3.05) is 6.54 Å². The molecule has 0 saturated carbocycles. The highest BCUT2D eigenvalue weighted by atomic mass is 14.9. The van der Waals surface area contributed by atoms with E-state index in [1.807, 2.05) is 6.21 Å². The highest BCUT2D eigenvalue weighted by molar-refractivity contribution is 5.62. The second kappa shape index (κ2) is 3.57. The fourth-order valence-electron chi connectivity index (χ4n) is 1.53. The normalized spacial score (nSPS) is 22.7. The molecule has 0 radical (unpaired) electrons. The maximum absolute atomic E-state index is 4.36. The van der Waals surface area contributed by atoms with Gasteiger partial charge in [-0.25, -0.2) is 0 Å². The second-order valence-electron chi connectivity index (χ2n) is 3.17. The average molecular weight is 162 g/mol. The van der Waals surface area contributed by atoms with Crippen LogP contribution in [0.15, 0.2) is 28.5 Å². The van der Waals surface area contributed by atoms with Gasteiger partial charge in [-0.3, -0.25) is 4.99 Å². The topological polar surface area (TPSA) is 24.4 Å². The molecule has 2 aliphatic heterocycles. The van der Waals surface area contributed by atoms with Crippen molar-refractivity contribution in [3.8, 4) is 0 Å². The van der Waals surface area contributed by atoms with Crippen molar-refractivity contribution in [2.24, 2.45) is 4.99 Å². The van der Waals surface area contributed by atoms with Crippen LogP contribution in [0.1, 0.15) is 25.7 Å². The van der Waals surface area contributed by atoms with E-state index in [0.717, 1.165) is 25.1 Å². The highest BCUT2D eigenvalue weighted by Crippen LogP contribution is 2.17. The summed E-state index contributed by atoms with van der Waals surface area (Å²) in [6, 6.07) is 0. The van der Waals surface area contributed by atoms with Crippen LogP contribution in [0.25, 0.3) is 0 Å². The van der Waals surface area contributed by atoms with Crippen LogP contribution in [0.5, 0.6) is 0 Å². The Bertz CT molecular complexity index is 249. The van der Waals surface area contributed by atoms with E-state index < -0.39 is 0 Å². The molecule has 0 aromatic rings. The van der Waals surface area contributed by atoms with E-state index in [1.165, 1.54) is 18.5 Å². The summed E-state index contributed by atoms with van der Waals surface area (Å²) < 4.78 is 0. The number of nitrogens with one attached hydrogen (secondary N) is 1. The molecule has 2 nitrogen and oxygen atoms in total. The minimum Gasteiger partial charge on any atom is -0.384 e. The van der Waals surface area contributed by atoms with Crippen LogP contribution in [0.3, 0.4) is 0 Å². The molecule has 0 spiro atoms. The second-order valence-corrected chi connectivity index (χ2v) is 3.17. The van der Waals surface area contributed by atoms with E-state index >= 15 is 0 Å². The van der Waals surface area contributed by atoms with Gasteiger partial charge < -0.3 is 5.32 Å². The molecule has 12 heavy (non-hydrogen) atoms. The molecular weight excluding hydrogens is 148 g/mol. The van der Waals surface area contributed by atoms with Crippen LogP contribution in [0.4, 0.5) is 0 Å². The van der Waals surface area contributed by atoms with Crippen molar-refractivity contribution in [1.82, 2.24) is 5.32 Å². The number of rotatable bonds is 1. The van der Waals surface area contributed by atoms with Crippen LogP contribution >= 0.6 is 0 Å². The smallest absolute Gasteiger partial charge is 0.0814 e. The molecule has 0 bridgehead atoms. The zero-order valence-corrected chi connectivity index (χ0v) is 7.21. The summed E-state index contributed by atoms with van der Waals surface area (Å²) in [4.78, 5) is 4.36. The summed E-state index contributed by atoms with van der Waals surface area (Å²) in [6.07, 6.45) is 11.1. The molecule has 2 heteroatoms. The molecular formula is C10H14N2. The van der Waals surface area contributed by atoms with Gasteiger partial charge in [0.15, 0.2) is 0 Å². The van der Waals surface area contributed by atoms with Crippen molar-refractivity contribution in [2.45, 2.75) is 25.7 Å². The Labute approximate surface area is 73.1 Å². The van der Waals surface area contributed by atoms with E-state index in [0.29, 0.717) is 0 Å². The van der Waals surface area contributed by atoms with Crippen LogP contribution < -0.4 is 5.32 Å². The molecule has 2 aliphatic rings. The number of hydrogen-bond donors (Lipinski definition) is 1. The van der Waals surface area contributed by atoms with Gasteiger partial charge in [-0.05, 0) is 25.7 Å². The summed E-state index contributed by atoms with van der Waals surface area (Å²) >= 11 is 0. The Hall–Kier alpha value is -1.05. The van der Waals surface area contributed by atoms with Gasteiger partial charge in [0.05, 0.1) is 11.4 Å². The fraction of sp³-hybridized carbons (Fsp3) is 0.500. The van der Waals surface area contributed by atoms with Crippen LogP contribution in [0.2, 0.25) is 0 Å². The predicted octanol–water partition coefficient (Wildman–Crippen LogP) is 2.00. The van der Waals surface area contributed by atoms with Gasteiger partial charge in [0.2, 0.25) is 0 Å². The van der Waals surface area contributed by atoms with Crippen molar-refractivity contribution >= 4 is 6.21 Å². The van der Waals surface area contributed by atoms with E-state index in [-0.39, 0.29) is 0 Å². The quantitative estimate of drug-likeness (QED) is 0.626. The molecule has 0 saturated heterocycles. The first kappa shape index (κ1) is 7.59. The first-order valence-electron chi connectivity index (χ1n) is 4.64. The van der Waals surface area contributed by atoms with E-state index in [2.05, 4.69) is 22.5 Å². The molecule has 0 aromatic heterocycles. The summed E-state index contributed by atoms with van der Waals surface area (Å²) in [7, 11) is 0. The van der Waals surface area contributed by atoms with Gasteiger partial charge >= 0.3 is 0 Å². The zero-order chi connectivity index (χ0) is 8.23. The predicted molar refractivity (Wildman–Crippen MR) is 51.1 cm³/mol. The van der Waals surface area contributed by atoms with E-state index in [4.69, 9.17) is 0 Å². The molecule has 0 aliphatic carbocycles. The lowest BCUT2D eigenvalue weighted by Gasteiger charge is -2.17. The number of allylic oxidation sites excluding steroid dienone is 2. The van der Waals surface area contributed by atoms with E-state index in [1.54, 1.807) is 0 Å². The third kappa shape index (κ3) is 1.58. The van der Waals surface area contributed by atoms with Gasteiger partial charge in [-0.2, -0.15) is 0 Å². The summed E-state index contributed by atoms with van der Waals surface area (Å²) in [6.45, 7) is 1.10. The summed E-state index contributed by atoms with van der Waals surface area (Å²) in [5.41, 5.74) is 2.37. The lowest BCUT2D eigenvalue weighted by Crippen LogP contribution is -2.19. The third-order valence-corrected chi connectivity index (χ3v) is 2.18. The third-order valence-electron chi connectivity index (χ3n) is 2.18. The molecule has 0 unspecified atom stereocenters. The van der Waals surface area contributed by atoms with Gasteiger partial charge in [-0.1, -0.05) is 12.2 Å². The maximum atomic E-state index is 4.36. The van der Waals surface area contributed by atoms with Crippen molar-refractivity contribution in [3.63, 3.8) is 0 Å². The highest BCUT2D eigenvalue weighted by Gasteiger charge is 2.07. The largest absolute Gasteiger partial charge is 0.384 e. The van der Waals surface area contributed by atoms with Gasteiger partial charge in [-0.15, -0.1) is 0 Å². The van der Waals surface area contributed by atoms with Crippen LogP contribution in [-0.4, -0.2) is 12.8 Å². The Balaban J connectivity index is 2.12. The molecule has 64 valence electrons. The molecule has 0 aromatic carbocycles. The van der Waals surface area contributed by atoms with Crippen LogP contribution in [0, 0.1) is 0 Å². The monoisotopic (exact) mass is 162 g/mol. The maximum Gasteiger partial charge on any atom is 0.0814 e. The van der Waals surface area contributed by atoms with Gasteiger partial charge in [0.1, 0.15) is 0 Å². The van der Waals surface area contributed by atoms with Crippen LogP contribution in [-0.2, 0) is 0 Å². The Morgan fingerprint density at radius 2 is 2.17 bits per heavy atom. The fourth-order valence-corrected chi connectivity index (χ4v) is 1.53. The minimum absolute atomic E-state index is 1.09. The Morgan fingerprint density at radius 1 is 1.17 bits per heavy atom. The number of nitrogens with zero attached hydrogens (tertiary/aromatic N) is 1. The lowest BCUT2D eigenvalue weighted by molar-refractivity contribution is 0.692. The molecule has 1 N–H and O–H groups in total. The molecule has 0 fully saturated rings. The first-order valence-corrected chi connectivity index (χ1v) is 4.64. The first-order chi connectivity index (χ1) is 5.97. The number of hydrogen-bond acceptors (Lipinski definition) is 2. The minimum atomic E-state index is 1.09. The Kier molecular flexibility index (Phi) is 2.26. The van der Waals surface area contributed by atoms with E-state index in [9.17, 15) is 0 Å². The lowest BCUT2D eigenvalue weighted by atomic mass is 10.1. The molecule has 2 heterocycles. The van der Waals surface area contributed by atoms with Gasteiger partial charge in [0, 0.05) is 12.8 Å². The standard InChI is InChI=1S/C10H14N2/c1-3-7-11-9(5-1)10-6-2-4-8-12-10/h5-7,12H,1-4,8H2. The molecule has 0 atom stereocenters. The summed E-state index contributed by atoms with van der Waals surface area (Å²) in [5.74, 6) is 0. The number of aliphatic imine (C=N–C) groups is 1. The zero-order valence-electron chi connectivity index (χ0n) is 7.21. The average Bonchev–Trinajstić information content (AvgIpc) is 2.21. The van der Waals surface area contributed by atoms with Crippen molar-refractivity contribution in [1.29, 1.82) is 0 Å². The van der Waals surface area contributed by atoms with Gasteiger partial charge in [0.25, 0.3) is 0 Å². The van der Waals surface area contributed by atoms with Crippen molar-refractivity contribution < 1.29 is 0 Å². The van der Waals surface area contributed by atoms with Crippen molar-refractivity contribution in [3.05, 3.63) is 23.5 Å². The molecule has 0 amide bonds. The SMILES string of the molecule is C1=NC(C2=CCCCN2)=CCC1.